The molecule has 0 aliphatic heterocycles. The lowest BCUT2D eigenvalue weighted by Gasteiger charge is -2.19. The quantitative estimate of drug-likeness (QED) is 0.872. The summed E-state index contributed by atoms with van der Waals surface area (Å²) in [4.78, 5) is 12.2. The highest BCUT2D eigenvalue weighted by atomic mass is 32.2. The summed E-state index contributed by atoms with van der Waals surface area (Å²) in [5.41, 5.74) is 2.53. The zero-order chi connectivity index (χ0) is 16.3. The molecule has 0 heterocycles. The zero-order valence-electron chi connectivity index (χ0n) is 12.8. The number of hydrogen-bond donors (Lipinski definition) is 1. The van der Waals surface area contributed by atoms with Crippen molar-refractivity contribution in [3.63, 3.8) is 0 Å². The van der Waals surface area contributed by atoms with Crippen molar-refractivity contribution in [2.75, 3.05) is 0 Å². The van der Waals surface area contributed by atoms with Crippen molar-refractivity contribution in [2.24, 2.45) is 11.1 Å². The van der Waals surface area contributed by atoms with Crippen LogP contribution in [0.25, 0.3) is 6.08 Å². The van der Waals surface area contributed by atoms with Gasteiger partial charge in [0.15, 0.2) is 5.78 Å². The van der Waals surface area contributed by atoms with E-state index in [0.717, 1.165) is 36.0 Å². The van der Waals surface area contributed by atoms with Crippen LogP contribution in [0.15, 0.2) is 23.8 Å². The molecule has 0 spiro atoms. The number of ketones is 1. The minimum absolute atomic E-state index is 0.0863. The van der Waals surface area contributed by atoms with E-state index < -0.39 is 10.3 Å². The molecule has 0 bridgehead atoms. The molecule has 0 saturated heterocycles. The maximum atomic E-state index is 12.2. The van der Waals surface area contributed by atoms with Crippen LogP contribution >= 0.6 is 0 Å². The Kier molecular flexibility index (Phi) is 5.03. The van der Waals surface area contributed by atoms with E-state index in [1.807, 2.05) is 6.08 Å². The Morgan fingerprint density at radius 2 is 2.09 bits per heavy atom. The third-order valence-corrected chi connectivity index (χ3v) is 4.14. The van der Waals surface area contributed by atoms with Crippen LogP contribution in [-0.4, -0.2) is 14.2 Å². The third kappa shape index (κ3) is 4.42. The zero-order valence-corrected chi connectivity index (χ0v) is 13.7. The van der Waals surface area contributed by atoms with Gasteiger partial charge in [0.05, 0.1) is 0 Å². The Hall–Kier alpha value is -1.66. The minimum Gasteiger partial charge on any atom is -0.371 e. The maximum absolute atomic E-state index is 12.2. The summed E-state index contributed by atoms with van der Waals surface area (Å²) in [6.45, 7) is 4.28. The predicted octanol–water partition coefficient (Wildman–Crippen LogP) is 2.60. The van der Waals surface area contributed by atoms with Gasteiger partial charge in [-0.05, 0) is 47.2 Å². The fourth-order valence-corrected chi connectivity index (χ4v) is 3.13. The van der Waals surface area contributed by atoms with Gasteiger partial charge in [0, 0.05) is 6.42 Å². The Balaban J connectivity index is 2.23. The van der Waals surface area contributed by atoms with Crippen molar-refractivity contribution >= 4 is 22.2 Å². The molecule has 1 atom stereocenters. The van der Waals surface area contributed by atoms with Crippen molar-refractivity contribution in [3.05, 3.63) is 34.9 Å². The van der Waals surface area contributed by atoms with Crippen molar-refractivity contribution in [1.29, 1.82) is 0 Å². The summed E-state index contributed by atoms with van der Waals surface area (Å²) in [5.74, 6) is 0.695. The van der Waals surface area contributed by atoms with Gasteiger partial charge in [0.25, 0.3) is 0 Å². The molecule has 2 rings (SSSR count). The first kappa shape index (κ1) is 16.7. The largest absolute Gasteiger partial charge is 0.380 e. The fraction of sp³-hybridized carbons (Fsp3) is 0.438. The van der Waals surface area contributed by atoms with E-state index in [1.54, 1.807) is 18.2 Å². The number of carbonyl (C=O) groups excluding carboxylic acids is 1. The molecular formula is C16H21NO4S. The Morgan fingerprint density at radius 1 is 1.36 bits per heavy atom. The lowest BCUT2D eigenvalue weighted by Crippen LogP contribution is -2.19. The number of Topliss-reactive ketones (excluding diaryl/α,β-unsaturated/α-hetero) is 1. The Morgan fingerprint density at radius 3 is 2.73 bits per heavy atom. The molecule has 1 aromatic carbocycles. The molecule has 1 aromatic rings. The monoisotopic (exact) mass is 323 g/mol. The number of rotatable bonds is 6. The highest BCUT2D eigenvalue weighted by Crippen LogP contribution is 2.29. The van der Waals surface area contributed by atoms with E-state index >= 15 is 0 Å². The molecule has 1 unspecified atom stereocenters. The average molecular weight is 323 g/mol. The van der Waals surface area contributed by atoms with Crippen LogP contribution in [0.1, 0.15) is 44.2 Å². The van der Waals surface area contributed by atoms with Crippen molar-refractivity contribution in [3.8, 4) is 5.75 Å². The number of hydrogen-bond acceptors (Lipinski definition) is 4. The van der Waals surface area contributed by atoms with Crippen LogP contribution < -0.4 is 9.32 Å². The number of nitrogens with two attached hydrogens (primary N) is 1. The van der Waals surface area contributed by atoms with E-state index in [1.165, 1.54) is 0 Å². The van der Waals surface area contributed by atoms with E-state index in [4.69, 9.17) is 5.14 Å². The van der Waals surface area contributed by atoms with Gasteiger partial charge in [0.2, 0.25) is 0 Å². The molecule has 0 fully saturated rings. The van der Waals surface area contributed by atoms with Crippen molar-refractivity contribution in [2.45, 2.75) is 39.5 Å². The summed E-state index contributed by atoms with van der Waals surface area (Å²) in [6.07, 6.45) is 5.14. The summed E-state index contributed by atoms with van der Waals surface area (Å²) in [6, 6.07) is 4.86. The van der Waals surface area contributed by atoms with Crippen LogP contribution in [0.3, 0.4) is 0 Å². The van der Waals surface area contributed by atoms with Gasteiger partial charge >= 0.3 is 10.3 Å². The lowest BCUT2D eigenvalue weighted by molar-refractivity contribution is -0.115. The predicted molar refractivity (Wildman–Crippen MR) is 85.6 cm³/mol. The van der Waals surface area contributed by atoms with Crippen LogP contribution in [0.2, 0.25) is 0 Å². The molecule has 120 valence electrons. The molecule has 6 heteroatoms. The number of benzene rings is 1. The second kappa shape index (κ2) is 6.62. The standard InChI is InChI=1S/C16H21NO4S/c1-3-4-11(2)7-14-8-12-5-6-15(21-22(17,19)20)9-13(12)10-16(14)18/h5-6,8-9,11H,3-4,7,10H2,1-2H3,(H2,17,19,20). The highest BCUT2D eigenvalue weighted by molar-refractivity contribution is 7.84. The SMILES string of the molecule is CCCC(C)CC1=Cc2ccc(OS(N)(=O)=O)cc2CC1=O. The lowest BCUT2D eigenvalue weighted by atomic mass is 9.86. The van der Waals surface area contributed by atoms with E-state index in [0.29, 0.717) is 5.92 Å². The minimum atomic E-state index is -4.05. The molecule has 5 nitrogen and oxygen atoms in total. The van der Waals surface area contributed by atoms with E-state index in [-0.39, 0.29) is 18.0 Å². The molecule has 0 saturated carbocycles. The van der Waals surface area contributed by atoms with Gasteiger partial charge in [-0.2, -0.15) is 13.6 Å². The first-order chi connectivity index (χ1) is 10.3. The summed E-state index contributed by atoms with van der Waals surface area (Å²) < 4.78 is 26.5. The molecule has 0 amide bonds. The van der Waals surface area contributed by atoms with Gasteiger partial charge in [-0.25, -0.2) is 0 Å². The first-order valence-corrected chi connectivity index (χ1v) is 8.84. The van der Waals surface area contributed by atoms with Gasteiger partial charge in [0.1, 0.15) is 5.75 Å². The molecular weight excluding hydrogens is 302 g/mol. The number of carbonyl (C=O) groups is 1. The van der Waals surface area contributed by atoms with Crippen molar-refractivity contribution in [1.82, 2.24) is 0 Å². The van der Waals surface area contributed by atoms with Gasteiger partial charge in [-0.1, -0.05) is 32.8 Å². The smallest absolute Gasteiger partial charge is 0.371 e. The maximum Gasteiger partial charge on any atom is 0.380 e. The third-order valence-electron chi connectivity index (χ3n) is 3.72. The summed E-state index contributed by atoms with van der Waals surface area (Å²) in [7, 11) is -4.05. The fourth-order valence-electron chi connectivity index (χ4n) is 2.76. The summed E-state index contributed by atoms with van der Waals surface area (Å²) in [5, 5.41) is 4.85. The normalized spacial score (nSPS) is 16.0. The first-order valence-electron chi connectivity index (χ1n) is 7.37. The molecule has 22 heavy (non-hydrogen) atoms. The molecule has 1 aliphatic carbocycles. The Bertz CT molecular complexity index is 707. The molecule has 0 radical (unpaired) electrons. The van der Waals surface area contributed by atoms with Gasteiger partial charge in [-0.15, -0.1) is 0 Å². The average Bonchev–Trinajstić information content (AvgIpc) is 2.38. The molecule has 2 N–H and O–H groups in total. The van der Waals surface area contributed by atoms with E-state index in [2.05, 4.69) is 18.0 Å². The van der Waals surface area contributed by atoms with Crippen LogP contribution in [0.4, 0.5) is 0 Å². The number of allylic oxidation sites excluding steroid dienone is 1. The van der Waals surface area contributed by atoms with Crippen LogP contribution in [0.5, 0.6) is 5.75 Å². The van der Waals surface area contributed by atoms with Crippen LogP contribution in [-0.2, 0) is 21.5 Å². The molecule has 1 aliphatic rings. The van der Waals surface area contributed by atoms with Gasteiger partial charge in [-0.3, -0.25) is 4.79 Å². The topological polar surface area (TPSA) is 86.5 Å². The van der Waals surface area contributed by atoms with Gasteiger partial charge < -0.3 is 4.18 Å². The number of fused-ring (bicyclic) bond motifs is 1. The Labute approximate surface area is 131 Å². The highest BCUT2D eigenvalue weighted by Gasteiger charge is 2.21. The summed E-state index contributed by atoms with van der Waals surface area (Å²) >= 11 is 0. The van der Waals surface area contributed by atoms with E-state index in [9.17, 15) is 13.2 Å². The van der Waals surface area contributed by atoms with Crippen LogP contribution in [0, 0.1) is 5.92 Å². The second-order valence-electron chi connectivity index (χ2n) is 5.80. The second-order valence-corrected chi connectivity index (χ2v) is 6.96. The van der Waals surface area contributed by atoms with Crippen molar-refractivity contribution < 1.29 is 17.4 Å². The molecule has 0 aromatic heterocycles.